The highest BCUT2D eigenvalue weighted by molar-refractivity contribution is 7.80. The van der Waals surface area contributed by atoms with Crippen molar-refractivity contribution in [3.63, 3.8) is 0 Å². The molecule has 0 bridgehead atoms. The summed E-state index contributed by atoms with van der Waals surface area (Å²) in [6, 6.07) is 11.5. The highest BCUT2D eigenvalue weighted by atomic mass is 35.5. The molecule has 3 rings (SSSR count). The molecule has 0 aliphatic carbocycles. The van der Waals surface area contributed by atoms with Gasteiger partial charge >= 0.3 is 0 Å². The first-order chi connectivity index (χ1) is 12.9. The lowest BCUT2D eigenvalue weighted by atomic mass is 10.2. The molecule has 2 aromatic carbocycles. The van der Waals surface area contributed by atoms with Crippen LogP contribution in [0.4, 0.5) is 10.2 Å². The van der Waals surface area contributed by atoms with E-state index in [1.165, 1.54) is 12.1 Å². The van der Waals surface area contributed by atoms with Crippen LogP contribution in [0.3, 0.4) is 0 Å². The fourth-order valence-electron chi connectivity index (χ4n) is 2.32. The molecule has 3 aromatic rings. The third-order valence-corrected chi connectivity index (χ3v) is 4.91. The van der Waals surface area contributed by atoms with Gasteiger partial charge in [-0.25, -0.2) is 4.39 Å². The van der Waals surface area contributed by atoms with Gasteiger partial charge in [0, 0.05) is 12.7 Å². The highest BCUT2D eigenvalue weighted by Gasteiger charge is 2.10. The molecular weight excluding hydrogens is 430 g/mol. The minimum atomic E-state index is -0.279. The highest BCUT2D eigenvalue weighted by Crippen LogP contribution is 2.24. The maximum absolute atomic E-state index is 12.9. The van der Waals surface area contributed by atoms with Crippen LogP contribution < -0.4 is 10.6 Å². The Morgan fingerprint density at radius 1 is 1.00 bits per heavy atom. The van der Waals surface area contributed by atoms with Crippen LogP contribution in [0.15, 0.2) is 48.7 Å². The summed E-state index contributed by atoms with van der Waals surface area (Å²) < 4.78 is 14.6. The number of thiocarbonyl (C=S) groups is 1. The third-order valence-electron chi connectivity index (χ3n) is 3.64. The quantitative estimate of drug-likeness (QED) is 0.510. The first-order valence-corrected chi connectivity index (χ1v) is 9.41. The van der Waals surface area contributed by atoms with Crippen molar-refractivity contribution in [2.75, 3.05) is 5.32 Å². The van der Waals surface area contributed by atoms with Gasteiger partial charge in [0.1, 0.15) is 10.8 Å². The zero-order valence-corrected chi connectivity index (χ0v) is 16.9. The van der Waals surface area contributed by atoms with Gasteiger partial charge in [0.25, 0.3) is 0 Å². The first kappa shape index (κ1) is 19.9. The number of nitrogens with one attached hydrogen (secondary N) is 2. The number of nitrogens with zero attached hydrogens (tertiary/aromatic N) is 2. The van der Waals surface area contributed by atoms with Crippen molar-refractivity contribution in [2.45, 2.75) is 13.1 Å². The van der Waals surface area contributed by atoms with Crippen LogP contribution in [-0.2, 0) is 13.1 Å². The zero-order valence-electron chi connectivity index (χ0n) is 13.8. The summed E-state index contributed by atoms with van der Waals surface area (Å²) in [4.78, 5) is 0. The summed E-state index contributed by atoms with van der Waals surface area (Å²) in [5.74, 6) is 0.159. The smallest absolute Gasteiger partial charge is 0.173 e. The minimum Gasteiger partial charge on any atom is -0.358 e. The van der Waals surface area contributed by atoms with Gasteiger partial charge in [-0.1, -0.05) is 53.0 Å². The first-order valence-electron chi connectivity index (χ1n) is 7.87. The molecule has 0 spiro atoms. The van der Waals surface area contributed by atoms with Crippen LogP contribution in [0, 0.1) is 5.82 Å². The molecule has 0 radical (unpaired) electrons. The van der Waals surface area contributed by atoms with E-state index in [9.17, 15) is 4.39 Å². The summed E-state index contributed by atoms with van der Waals surface area (Å²) in [6.45, 7) is 0.932. The molecule has 9 heteroatoms. The molecule has 0 amide bonds. The Labute approximate surface area is 176 Å². The zero-order chi connectivity index (χ0) is 19.4. The van der Waals surface area contributed by atoms with Gasteiger partial charge < -0.3 is 10.6 Å². The van der Waals surface area contributed by atoms with Crippen molar-refractivity contribution in [1.29, 1.82) is 0 Å². The number of benzene rings is 2. The summed E-state index contributed by atoms with van der Waals surface area (Å²) in [5, 5.41) is 12.1. The second-order valence-electron chi connectivity index (χ2n) is 5.71. The summed E-state index contributed by atoms with van der Waals surface area (Å²) in [5.41, 5.74) is 1.84. The average molecular weight is 444 g/mol. The van der Waals surface area contributed by atoms with Crippen molar-refractivity contribution >= 4 is 58.0 Å². The molecule has 0 aliphatic heterocycles. The predicted molar refractivity (Wildman–Crippen MR) is 112 cm³/mol. The monoisotopic (exact) mass is 442 g/mol. The van der Waals surface area contributed by atoms with Crippen molar-refractivity contribution in [3.8, 4) is 0 Å². The normalized spacial score (nSPS) is 10.7. The van der Waals surface area contributed by atoms with E-state index in [1.807, 2.05) is 6.07 Å². The maximum atomic E-state index is 12.9. The lowest BCUT2D eigenvalue weighted by Gasteiger charge is -2.09. The van der Waals surface area contributed by atoms with E-state index in [-0.39, 0.29) is 5.82 Å². The van der Waals surface area contributed by atoms with E-state index in [1.54, 1.807) is 35.1 Å². The lowest BCUT2D eigenvalue weighted by Crippen LogP contribution is -2.28. The van der Waals surface area contributed by atoms with E-state index < -0.39 is 0 Å². The van der Waals surface area contributed by atoms with Crippen LogP contribution in [0.5, 0.6) is 0 Å². The topological polar surface area (TPSA) is 41.9 Å². The van der Waals surface area contributed by atoms with E-state index in [4.69, 9.17) is 47.0 Å². The lowest BCUT2D eigenvalue weighted by molar-refractivity contribution is 0.627. The Bertz CT molecular complexity index is 960. The number of hydrogen-bond acceptors (Lipinski definition) is 2. The number of anilines is 1. The molecule has 0 unspecified atom stereocenters. The van der Waals surface area contributed by atoms with E-state index in [2.05, 4.69) is 15.7 Å². The van der Waals surface area contributed by atoms with Gasteiger partial charge in [0.2, 0.25) is 0 Å². The third kappa shape index (κ3) is 5.56. The molecule has 2 N–H and O–H groups in total. The van der Waals surface area contributed by atoms with Gasteiger partial charge in [0.05, 0.1) is 16.6 Å². The van der Waals surface area contributed by atoms with Gasteiger partial charge in [-0.15, -0.1) is 0 Å². The summed E-state index contributed by atoms with van der Waals surface area (Å²) >= 11 is 23.4. The summed E-state index contributed by atoms with van der Waals surface area (Å²) in [6.07, 6.45) is 1.69. The summed E-state index contributed by atoms with van der Waals surface area (Å²) in [7, 11) is 0. The molecule has 4 nitrogen and oxygen atoms in total. The number of aromatic nitrogens is 2. The van der Waals surface area contributed by atoms with Crippen molar-refractivity contribution in [3.05, 3.63) is 80.7 Å². The standard InChI is InChI=1S/C18H14Cl3FN4S/c19-14-6-3-12(7-15(14)20)9-26-10-16(21)17(25-26)24-18(27)23-8-11-1-4-13(22)5-2-11/h1-7,10H,8-9H2,(H2,23,24,25,27). The second kappa shape index (κ2) is 8.89. The van der Waals surface area contributed by atoms with Gasteiger partial charge in [-0.2, -0.15) is 5.10 Å². The molecule has 27 heavy (non-hydrogen) atoms. The van der Waals surface area contributed by atoms with Crippen molar-refractivity contribution < 1.29 is 4.39 Å². The molecule has 0 atom stereocenters. The van der Waals surface area contributed by atoms with Crippen molar-refractivity contribution in [2.24, 2.45) is 0 Å². The predicted octanol–water partition coefficient (Wildman–Crippen LogP) is 5.52. The van der Waals surface area contributed by atoms with Gasteiger partial charge in [-0.05, 0) is 47.6 Å². The molecule has 0 aliphatic rings. The maximum Gasteiger partial charge on any atom is 0.173 e. The Kier molecular flexibility index (Phi) is 6.55. The molecule has 1 heterocycles. The van der Waals surface area contributed by atoms with Crippen LogP contribution in [-0.4, -0.2) is 14.9 Å². The fraction of sp³-hybridized carbons (Fsp3) is 0.111. The fourth-order valence-corrected chi connectivity index (χ4v) is 3.01. The SMILES string of the molecule is Fc1ccc(CNC(=S)Nc2nn(Cc3ccc(Cl)c(Cl)c3)cc2Cl)cc1. The minimum absolute atomic E-state index is 0.279. The Balaban J connectivity index is 1.59. The van der Waals surface area contributed by atoms with Crippen LogP contribution in [0.2, 0.25) is 15.1 Å². The number of halogens is 4. The second-order valence-corrected chi connectivity index (χ2v) is 7.34. The Hall–Kier alpha value is -1.86. The Morgan fingerprint density at radius 3 is 2.41 bits per heavy atom. The number of hydrogen-bond donors (Lipinski definition) is 2. The molecule has 140 valence electrons. The molecule has 0 fully saturated rings. The van der Waals surface area contributed by atoms with Gasteiger partial charge in [-0.3, -0.25) is 4.68 Å². The van der Waals surface area contributed by atoms with Gasteiger partial charge in [0.15, 0.2) is 10.9 Å². The van der Waals surface area contributed by atoms with Crippen LogP contribution >= 0.6 is 47.0 Å². The average Bonchev–Trinajstić information content (AvgIpc) is 2.96. The van der Waals surface area contributed by atoms with Crippen molar-refractivity contribution in [1.82, 2.24) is 15.1 Å². The largest absolute Gasteiger partial charge is 0.358 e. The molecule has 0 saturated carbocycles. The molecule has 0 saturated heterocycles. The number of rotatable bonds is 5. The van der Waals surface area contributed by atoms with Crippen LogP contribution in [0.25, 0.3) is 0 Å². The van der Waals surface area contributed by atoms with E-state index >= 15 is 0 Å². The molecular formula is C18H14Cl3FN4S. The van der Waals surface area contributed by atoms with E-state index in [0.717, 1.165) is 11.1 Å². The van der Waals surface area contributed by atoms with Crippen LogP contribution in [0.1, 0.15) is 11.1 Å². The van der Waals surface area contributed by atoms with E-state index in [0.29, 0.717) is 39.1 Å². The molecule has 1 aromatic heterocycles. The Morgan fingerprint density at radius 2 is 1.70 bits per heavy atom.